The topological polar surface area (TPSA) is 82.6 Å². The van der Waals surface area contributed by atoms with Gasteiger partial charge in [-0.15, -0.1) is 0 Å². The Morgan fingerprint density at radius 2 is 2.00 bits per heavy atom. The van der Waals surface area contributed by atoms with Gasteiger partial charge in [0.2, 0.25) is 12.5 Å². The Balaban J connectivity index is 1.88. The lowest BCUT2D eigenvalue weighted by Gasteiger charge is -2.03. The van der Waals surface area contributed by atoms with Crippen LogP contribution in [-0.4, -0.2) is 33.2 Å². The van der Waals surface area contributed by atoms with Crippen LogP contribution in [0, 0.1) is 5.21 Å². The maximum absolute atomic E-state index is 11.3. The minimum atomic E-state index is 0.181. The van der Waals surface area contributed by atoms with Gasteiger partial charge in [-0.05, 0) is 24.3 Å². The summed E-state index contributed by atoms with van der Waals surface area (Å²) in [6.45, 7) is 3.47. The average molecular weight is 297 g/mol. The number of rotatable bonds is 2. The number of imidazole rings is 1. The van der Waals surface area contributed by atoms with Crippen molar-refractivity contribution in [1.29, 1.82) is 0 Å². The van der Waals surface area contributed by atoms with E-state index in [0.717, 1.165) is 4.73 Å². The smallest absolute Gasteiger partial charge is 0.231 e. The second-order valence-corrected chi connectivity index (χ2v) is 4.87. The molecule has 7 heteroatoms. The van der Waals surface area contributed by atoms with Crippen LogP contribution in [0.1, 0.15) is 0 Å². The third kappa shape index (κ3) is 1.76. The SMILES string of the molecule is C=[N+]([O-])c1ccc2nc(-c3ccc4c(c3)OCO4)n(O)c2c1. The van der Waals surface area contributed by atoms with Crippen LogP contribution in [0.2, 0.25) is 0 Å². The number of hydrogen-bond acceptors (Lipinski definition) is 5. The van der Waals surface area contributed by atoms with Gasteiger partial charge >= 0.3 is 0 Å². The van der Waals surface area contributed by atoms with Crippen molar-refractivity contribution in [3.05, 3.63) is 41.6 Å². The number of hydrogen-bond donors (Lipinski definition) is 1. The van der Waals surface area contributed by atoms with Crippen LogP contribution < -0.4 is 9.47 Å². The Hall–Kier alpha value is -3.22. The standard InChI is InChI=1S/C15H11N3O4/c1-17(19)10-3-4-11-12(7-10)18(20)15(16-11)9-2-5-13-14(6-9)22-8-21-13/h2-7,20H,1,8H2. The summed E-state index contributed by atoms with van der Waals surface area (Å²) < 4.78 is 12.0. The van der Waals surface area contributed by atoms with E-state index in [2.05, 4.69) is 11.7 Å². The van der Waals surface area contributed by atoms with Crippen molar-refractivity contribution in [3.8, 4) is 22.9 Å². The molecule has 1 N–H and O–H groups in total. The minimum absolute atomic E-state index is 0.181. The molecule has 7 nitrogen and oxygen atoms in total. The maximum Gasteiger partial charge on any atom is 0.231 e. The lowest BCUT2D eigenvalue weighted by atomic mass is 10.2. The van der Waals surface area contributed by atoms with Gasteiger partial charge in [0.1, 0.15) is 12.2 Å². The number of ether oxygens (including phenoxy) is 2. The molecule has 1 aliphatic heterocycles. The molecule has 22 heavy (non-hydrogen) atoms. The highest BCUT2D eigenvalue weighted by atomic mass is 16.7. The van der Waals surface area contributed by atoms with E-state index in [4.69, 9.17) is 9.47 Å². The summed E-state index contributed by atoms with van der Waals surface area (Å²) >= 11 is 0. The van der Waals surface area contributed by atoms with Crippen LogP contribution >= 0.6 is 0 Å². The Morgan fingerprint density at radius 3 is 2.82 bits per heavy atom. The molecule has 0 saturated heterocycles. The van der Waals surface area contributed by atoms with Gasteiger partial charge in [-0.1, -0.05) is 0 Å². The van der Waals surface area contributed by atoms with Crippen molar-refractivity contribution in [2.24, 2.45) is 0 Å². The van der Waals surface area contributed by atoms with Crippen molar-refractivity contribution in [1.82, 2.24) is 9.71 Å². The molecule has 0 atom stereocenters. The Kier molecular flexibility index (Phi) is 2.50. The van der Waals surface area contributed by atoms with Crippen LogP contribution in [0.15, 0.2) is 36.4 Å². The van der Waals surface area contributed by atoms with E-state index in [1.165, 1.54) is 6.07 Å². The van der Waals surface area contributed by atoms with E-state index in [0.29, 0.717) is 44.3 Å². The van der Waals surface area contributed by atoms with Crippen LogP contribution in [0.3, 0.4) is 0 Å². The van der Waals surface area contributed by atoms with Crippen molar-refractivity contribution in [2.45, 2.75) is 0 Å². The quantitative estimate of drug-likeness (QED) is 0.258. The fourth-order valence-electron chi connectivity index (χ4n) is 2.43. The van der Waals surface area contributed by atoms with Crippen molar-refractivity contribution < 1.29 is 19.4 Å². The van der Waals surface area contributed by atoms with E-state index in [9.17, 15) is 10.4 Å². The minimum Gasteiger partial charge on any atom is -0.619 e. The molecule has 4 rings (SSSR count). The van der Waals surface area contributed by atoms with E-state index >= 15 is 0 Å². The summed E-state index contributed by atoms with van der Waals surface area (Å²) in [5.74, 6) is 1.62. The number of aromatic nitrogens is 2. The summed E-state index contributed by atoms with van der Waals surface area (Å²) in [6, 6.07) is 10.1. The first kappa shape index (κ1) is 12.5. The van der Waals surface area contributed by atoms with Crippen LogP contribution in [-0.2, 0) is 0 Å². The fraction of sp³-hybridized carbons (Fsp3) is 0.0667. The van der Waals surface area contributed by atoms with Crippen molar-refractivity contribution in [3.63, 3.8) is 0 Å². The molecule has 2 heterocycles. The normalized spacial score (nSPS) is 12.7. The van der Waals surface area contributed by atoms with Gasteiger partial charge in [0.05, 0.1) is 5.52 Å². The van der Waals surface area contributed by atoms with Gasteiger partial charge in [0.15, 0.2) is 17.3 Å². The van der Waals surface area contributed by atoms with E-state index < -0.39 is 0 Å². The predicted octanol–water partition coefficient (Wildman–Crippen LogP) is 2.51. The molecule has 0 unspecified atom stereocenters. The molecule has 0 amide bonds. The molecule has 0 bridgehead atoms. The summed E-state index contributed by atoms with van der Waals surface area (Å²) in [6.07, 6.45) is 0. The summed E-state index contributed by atoms with van der Waals surface area (Å²) in [5, 5.41) is 21.6. The molecule has 0 fully saturated rings. The van der Waals surface area contributed by atoms with Gasteiger partial charge in [-0.25, -0.2) is 4.98 Å². The first-order valence-electron chi connectivity index (χ1n) is 6.53. The molecule has 2 aromatic carbocycles. The van der Waals surface area contributed by atoms with Crippen LogP contribution in [0.5, 0.6) is 11.5 Å². The van der Waals surface area contributed by atoms with Gasteiger partial charge in [-0.2, -0.15) is 9.47 Å². The molecule has 0 spiro atoms. The second kappa shape index (κ2) is 4.39. The van der Waals surface area contributed by atoms with Gasteiger partial charge in [0.25, 0.3) is 0 Å². The molecule has 0 aliphatic carbocycles. The molecule has 0 radical (unpaired) electrons. The highest BCUT2D eigenvalue weighted by molar-refractivity contribution is 5.82. The van der Waals surface area contributed by atoms with Crippen molar-refractivity contribution >= 4 is 23.4 Å². The zero-order chi connectivity index (χ0) is 15.3. The largest absolute Gasteiger partial charge is 0.619 e. The number of fused-ring (bicyclic) bond motifs is 2. The predicted molar refractivity (Wildman–Crippen MR) is 78.9 cm³/mol. The maximum atomic E-state index is 11.3. The first-order chi connectivity index (χ1) is 10.6. The van der Waals surface area contributed by atoms with E-state index in [-0.39, 0.29) is 6.79 Å². The summed E-state index contributed by atoms with van der Waals surface area (Å²) in [4.78, 5) is 4.38. The Bertz CT molecular complexity index is 917. The molecule has 0 saturated carbocycles. The first-order valence-corrected chi connectivity index (χ1v) is 6.53. The second-order valence-electron chi connectivity index (χ2n) is 4.87. The van der Waals surface area contributed by atoms with Crippen LogP contribution in [0.4, 0.5) is 5.69 Å². The van der Waals surface area contributed by atoms with Crippen LogP contribution in [0.25, 0.3) is 22.4 Å². The summed E-state index contributed by atoms with van der Waals surface area (Å²) in [5.41, 5.74) is 2.01. The molecule has 1 aromatic heterocycles. The Morgan fingerprint density at radius 1 is 1.18 bits per heavy atom. The third-order valence-corrected chi connectivity index (χ3v) is 3.53. The van der Waals surface area contributed by atoms with E-state index in [1.807, 2.05) is 0 Å². The average Bonchev–Trinajstić information content (AvgIpc) is 3.11. The number of nitrogens with zero attached hydrogens (tertiary/aromatic N) is 3. The molecular formula is C15H11N3O4. The summed E-state index contributed by atoms with van der Waals surface area (Å²) in [7, 11) is 0. The third-order valence-electron chi connectivity index (χ3n) is 3.53. The van der Waals surface area contributed by atoms with E-state index in [1.54, 1.807) is 30.3 Å². The fourth-order valence-corrected chi connectivity index (χ4v) is 2.43. The van der Waals surface area contributed by atoms with Crippen molar-refractivity contribution in [2.75, 3.05) is 6.79 Å². The highest BCUT2D eigenvalue weighted by Crippen LogP contribution is 2.36. The monoisotopic (exact) mass is 297 g/mol. The lowest BCUT2D eigenvalue weighted by molar-refractivity contribution is -0.349. The molecular weight excluding hydrogens is 286 g/mol. The van der Waals surface area contributed by atoms with Gasteiger partial charge in [-0.3, -0.25) is 0 Å². The van der Waals surface area contributed by atoms with Gasteiger partial charge in [0, 0.05) is 17.7 Å². The molecule has 1 aliphatic rings. The highest BCUT2D eigenvalue weighted by Gasteiger charge is 2.18. The molecule has 110 valence electrons. The number of benzene rings is 2. The lowest BCUT2D eigenvalue weighted by Crippen LogP contribution is -1.95. The Labute approximate surface area is 124 Å². The zero-order valence-corrected chi connectivity index (χ0v) is 11.4. The zero-order valence-electron chi connectivity index (χ0n) is 11.4. The molecule has 3 aromatic rings. The van der Waals surface area contributed by atoms with Gasteiger partial charge < -0.3 is 19.9 Å².